The Bertz CT molecular complexity index is 768. The maximum atomic E-state index is 6.38. The van der Waals surface area contributed by atoms with Crippen LogP contribution in [0, 0.1) is 0 Å². The van der Waals surface area contributed by atoms with Gasteiger partial charge in [0.15, 0.2) is 0 Å². The average Bonchev–Trinajstić information content (AvgIpc) is 2.53. The molecular weight excluding hydrogens is 280 g/mol. The molecular formula is C18H17ClN2. The zero-order valence-electron chi connectivity index (χ0n) is 11.9. The second kappa shape index (κ2) is 6.25. The SMILES string of the molecule is CCNCc1ccc(-c2ccc3ncccc3c2)cc1Cl. The minimum Gasteiger partial charge on any atom is -0.313 e. The largest absolute Gasteiger partial charge is 0.313 e. The zero-order valence-corrected chi connectivity index (χ0v) is 12.7. The number of nitrogens with one attached hydrogen (secondary N) is 1. The van der Waals surface area contributed by atoms with Crippen molar-refractivity contribution in [2.45, 2.75) is 13.5 Å². The third-order valence-electron chi connectivity index (χ3n) is 3.55. The summed E-state index contributed by atoms with van der Waals surface area (Å²) in [7, 11) is 0. The Morgan fingerprint density at radius 3 is 2.67 bits per heavy atom. The van der Waals surface area contributed by atoms with Crippen LogP contribution in [0.3, 0.4) is 0 Å². The lowest BCUT2D eigenvalue weighted by Gasteiger charge is -2.08. The summed E-state index contributed by atoms with van der Waals surface area (Å²) in [6.45, 7) is 3.83. The Kier molecular flexibility index (Phi) is 4.18. The molecule has 3 heteroatoms. The molecule has 0 fully saturated rings. The smallest absolute Gasteiger partial charge is 0.0702 e. The Labute approximate surface area is 129 Å². The number of rotatable bonds is 4. The van der Waals surface area contributed by atoms with E-state index in [2.05, 4.69) is 47.6 Å². The monoisotopic (exact) mass is 296 g/mol. The van der Waals surface area contributed by atoms with Crippen LogP contribution >= 0.6 is 11.6 Å². The van der Waals surface area contributed by atoms with E-state index in [9.17, 15) is 0 Å². The third kappa shape index (κ3) is 3.07. The fraction of sp³-hybridized carbons (Fsp3) is 0.167. The standard InChI is InChI=1S/C18H17ClN2/c1-2-20-12-16-6-5-14(11-17(16)19)13-7-8-18-15(10-13)4-3-9-21-18/h3-11,20H,2,12H2,1H3. The Morgan fingerprint density at radius 2 is 1.86 bits per heavy atom. The molecule has 0 spiro atoms. The highest BCUT2D eigenvalue weighted by molar-refractivity contribution is 6.31. The van der Waals surface area contributed by atoms with Gasteiger partial charge in [-0.15, -0.1) is 0 Å². The maximum Gasteiger partial charge on any atom is 0.0702 e. The molecule has 0 amide bonds. The molecule has 1 N–H and O–H groups in total. The molecule has 0 saturated carbocycles. The normalized spacial score (nSPS) is 11.0. The molecule has 2 nitrogen and oxygen atoms in total. The molecule has 3 aromatic rings. The average molecular weight is 297 g/mol. The molecule has 0 saturated heterocycles. The van der Waals surface area contributed by atoms with Gasteiger partial charge in [-0.1, -0.05) is 42.8 Å². The Hall–Kier alpha value is -1.90. The molecule has 1 aromatic heterocycles. The zero-order chi connectivity index (χ0) is 14.7. The van der Waals surface area contributed by atoms with Crippen molar-refractivity contribution in [2.75, 3.05) is 6.54 Å². The number of benzene rings is 2. The van der Waals surface area contributed by atoms with Crippen LogP contribution in [0.15, 0.2) is 54.7 Å². The van der Waals surface area contributed by atoms with Gasteiger partial charge in [-0.05, 0) is 47.5 Å². The van der Waals surface area contributed by atoms with Crippen molar-refractivity contribution in [2.24, 2.45) is 0 Å². The van der Waals surface area contributed by atoms with Gasteiger partial charge in [-0.3, -0.25) is 4.98 Å². The van der Waals surface area contributed by atoms with E-state index in [1.165, 1.54) is 0 Å². The van der Waals surface area contributed by atoms with Crippen LogP contribution in [0.4, 0.5) is 0 Å². The summed E-state index contributed by atoms with van der Waals surface area (Å²) in [4.78, 5) is 4.35. The van der Waals surface area contributed by atoms with Crippen molar-refractivity contribution >= 4 is 22.5 Å². The lowest BCUT2D eigenvalue weighted by atomic mass is 10.0. The van der Waals surface area contributed by atoms with Crippen LogP contribution in [0.1, 0.15) is 12.5 Å². The first-order chi connectivity index (χ1) is 10.3. The van der Waals surface area contributed by atoms with Gasteiger partial charge >= 0.3 is 0 Å². The van der Waals surface area contributed by atoms with Gasteiger partial charge in [0.2, 0.25) is 0 Å². The van der Waals surface area contributed by atoms with Crippen molar-refractivity contribution in [1.29, 1.82) is 0 Å². The van der Waals surface area contributed by atoms with E-state index in [-0.39, 0.29) is 0 Å². The van der Waals surface area contributed by atoms with Crippen LogP contribution in [-0.4, -0.2) is 11.5 Å². The van der Waals surface area contributed by atoms with Gasteiger partial charge in [0.25, 0.3) is 0 Å². The number of aromatic nitrogens is 1. The highest BCUT2D eigenvalue weighted by Gasteiger charge is 2.04. The van der Waals surface area contributed by atoms with E-state index in [1.54, 1.807) is 0 Å². The first kappa shape index (κ1) is 14.1. The van der Waals surface area contributed by atoms with Gasteiger partial charge in [0, 0.05) is 23.2 Å². The molecule has 3 rings (SSSR count). The lowest BCUT2D eigenvalue weighted by Crippen LogP contribution is -2.11. The number of pyridine rings is 1. The minimum atomic E-state index is 0.803. The van der Waals surface area contributed by atoms with Gasteiger partial charge in [-0.25, -0.2) is 0 Å². The predicted octanol–water partition coefficient (Wildman–Crippen LogP) is 4.66. The molecule has 106 valence electrons. The summed E-state index contributed by atoms with van der Waals surface area (Å²) in [6.07, 6.45) is 1.81. The van der Waals surface area contributed by atoms with Crippen molar-refractivity contribution in [3.63, 3.8) is 0 Å². The summed E-state index contributed by atoms with van der Waals surface area (Å²) in [6, 6.07) is 16.6. The summed E-state index contributed by atoms with van der Waals surface area (Å²) in [5.74, 6) is 0. The lowest BCUT2D eigenvalue weighted by molar-refractivity contribution is 0.727. The maximum absolute atomic E-state index is 6.38. The van der Waals surface area contributed by atoms with E-state index >= 15 is 0 Å². The number of fused-ring (bicyclic) bond motifs is 1. The molecule has 21 heavy (non-hydrogen) atoms. The second-order valence-electron chi connectivity index (χ2n) is 5.00. The molecule has 1 heterocycles. The summed E-state index contributed by atoms with van der Waals surface area (Å²) in [5, 5.41) is 5.24. The van der Waals surface area contributed by atoms with E-state index < -0.39 is 0 Å². The number of hydrogen-bond acceptors (Lipinski definition) is 2. The van der Waals surface area contributed by atoms with Crippen molar-refractivity contribution in [3.05, 3.63) is 65.3 Å². The number of nitrogens with zero attached hydrogens (tertiary/aromatic N) is 1. The molecule has 0 aliphatic rings. The van der Waals surface area contributed by atoms with Gasteiger partial charge in [0.05, 0.1) is 5.52 Å². The first-order valence-electron chi connectivity index (χ1n) is 7.12. The third-order valence-corrected chi connectivity index (χ3v) is 3.91. The first-order valence-corrected chi connectivity index (χ1v) is 7.50. The van der Waals surface area contributed by atoms with Crippen LogP contribution < -0.4 is 5.32 Å². The van der Waals surface area contributed by atoms with E-state index in [0.29, 0.717) is 0 Å². The molecule has 0 radical (unpaired) electrons. The minimum absolute atomic E-state index is 0.803. The highest BCUT2D eigenvalue weighted by atomic mass is 35.5. The van der Waals surface area contributed by atoms with Crippen molar-refractivity contribution in [3.8, 4) is 11.1 Å². The molecule has 0 bridgehead atoms. The van der Waals surface area contributed by atoms with E-state index in [4.69, 9.17) is 11.6 Å². The van der Waals surface area contributed by atoms with Crippen molar-refractivity contribution in [1.82, 2.24) is 10.3 Å². The van der Waals surface area contributed by atoms with E-state index in [1.807, 2.05) is 24.4 Å². The van der Waals surface area contributed by atoms with Gasteiger partial charge in [-0.2, -0.15) is 0 Å². The van der Waals surface area contributed by atoms with Crippen LogP contribution in [0.2, 0.25) is 5.02 Å². The molecule has 0 aliphatic carbocycles. The summed E-state index contributed by atoms with van der Waals surface area (Å²) < 4.78 is 0. The molecule has 2 aromatic carbocycles. The molecule has 0 aliphatic heterocycles. The van der Waals surface area contributed by atoms with Crippen LogP contribution in [-0.2, 0) is 6.54 Å². The Morgan fingerprint density at radius 1 is 1.05 bits per heavy atom. The fourth-order valence-electron chi connectivity index (χ4n) is 2.39. The summed E-state index contributed by atoms with van der Waals surface area (Å²) in [5.41, 5.74) is 4.43. The Balaban J connectivity index is 1.96. The molecule has 0 unspecified atom stereocenters. The quantitative estimate of drug-likeness (QED) is 0.757. The fourth-order valence-corrected chi connectivity index (χ4v) is 2.63. The predicted molar refractivity (Wildman–Crippen MR) is 89.6 cm³/mol. The summed E-state index contributed by atoms with van der Waals surface area (Å²) >= 11 is 6.38. The van der Waals surface area contributed by atoms with Crippen LogP contribution in [0.25, 0.3) is 22.0 Å². The topological polar surface area (TPSA) is 24.9 Å². The second-order valence-corrected chi connectivity index (χ2v) is 5.40. The highest BCUT2D eigenvalue weighted by Crippen LogP contribution is 2.27. The van der Waals surface area contributed by atoms with E-state index in [0.717, 1.165) is 45.7 Å². The van der Waals surface area contributed by atoms with Gasteiger partial charge in [0.1, 0.15) is 0 Å². The number of hydrogen-bond donors (Lipinski definition) is 1. The van der Waals surface area contributed by atoms with Crippen molar-refractivity contribution < 1.29 is 0 Å². The molecule has 0 atom stereocenters. The number of halogens is 1. The van der Waals surface area contributed by atoms with Crippen LogP contribution in [0.5, 0.6) is 0 Å². The van der Waals surface area contributed by atoms with Gasteiger partial charge < -0.3 is 5.32 Å².